The molecule has 1 unspecified atom stereocenters. The molecule has 1 aliphatic rings. The molecule has 6 nitrogen and oxygen atoms in total. The Morgan fingerprint density at radius 3 is 2.73 bits per heavy atom. The van der Waals surface area contributed by atoms with Gasteiger partial charge in [-0.2, -0.15) is 0 Å². The van der Waals surface area contributed by atoms with Crippen LogP contribution in [0.25, 0.3) is 0 Å². The smallest absolute Gasteiger partial charge is 0.251 e. The molecular weight excluding hydrogens is 282 g/mol. The zero-order valence-electron chi connectivity index (χ0n) is 13.1. The Kier molecular flexibility index (Phi) is 5.49. The van der Waals surface area contributed by atoms with Crippen LogP contribution in [-0.2, 0) is 16.1 Å². The molecule has 2 N–H and O–H groups in total. The molecule has 1 saturated heterocycles. The number of pyridine rings is 1. The fourth-order valence-electron chi connectivity index (χ4n) is 2.69. The van der Waals surface area contributed by atoms with Gasteiger partial charge in [-0.15, -0.1) is 0 Å². The summed E-state index contributed by atoms with van der Waals surface area (Å²) in [7, 11) is 0. The molecule has 6 heteroatoms. The Hall–Kier alpha value is -1.95. The molecule has 1 atom stereocenters. The van der Waals surface area contributed by atoms with Gasteiger partial charge in [-0.25, -0.2) is 0 Å². The molecule has 1 aromatic heterocycles. The molecule has 0 spiro atoms. The van der Waals surface area contributed by atoms with Crippen LogP contribution in [0.2, 0.25) is 0 Å². The highest BCUT2D eigenvalue weighted by Gasteiger charge is 2.26. The minimum absolute atomic E-state index is 0.00105. The summed E-state index contributed by atoms with van der Waals surface area (Å²) < 4.78 is 0. The normalized spacial score (nSPS) is 19.0. The first kappa shape index (κ1) is 16.4. The number of carbonyl (C=O) groups is 2. The number of aromatic nitrogens is 1. The lowest BCUT2D eigenvalue weighted by Crippen LogP contribution is -2.44. The van der Waals surface area contributed by atoms with E-state index >= 15 is 0 Å². The summed E-state index contributed by atoms with van der Waals surface area (Å²) in [5.41, 5.74) is 2.81. The number of aryl methyl sites for hydroxylation is 2. The number of likely N-dealkylation sites (tertiary alicyclic amines) is 1. The van der Waals surface area contributed by atoms with Crippen LogP contribution in [-0.4, -0.2) is 46.0 Å². The maximum Gasteiger partial charge on any atom is 0.251 e. The number of nitrogens with zero attached hydrogens (tertiary/aromatic N) is 2. The van der Waals surface area contributed by atoms with Crippen LogP contribution in [0.4, 0.5) is 0 Å². The van der Waals surface area contributed by atoms with Gasteiger partial charge in [-0.05, 0) is 50.8 Å². The Bertz CT molecular complexity index is 539. The highest BCUT2D eigenvalue weighted by atomic mass is 16.3. The predicted molar refractivity (Wildman–Crippen MR) is 82.0 cm³/mol. The van der Waals surface area contributed by atoms with Crippen molar-refractivity contribution in [2.24, 2.45) is 0 Å². The predicted octanol–water partition coefficient (Wildman–Crippen LogP) is 0.688. The molecule has 1 fully saturated rings. The zero-order chi connectivity index (χ0) is 16.1. The second-order valence-corrected chi connectivity index (χ2v) is 5.81. The summed E-state index contributed by atoms with van der Waals surface area (Å²) in [5, 5.41) is 12.5. The molecule has 0 radical (unpaired) electrons. The van der Waals surface area contributed by atoms with E-state index in [1.54, 1.807) is 0 Å². The quantitative estimate of drug-likeness (QED) is 0.857. The molecule has 0 bridgehead atoms. The van der Waals surface area contributed by atoms with E-state index in [2.05, 4.69) is 10.3 Å². The molecule has 2 heterocycles. The number of hydrogen-bond donors (Lipinski definition) is 2. The summed E-state index contributed by atoms with van der Waals surface area (Å²) >= 11 is 0. The van der Waals surface area contributed by atoms with Crippen LogP contribution in [0, 0.1) is 13.8 Å². The van der Waals surface area contributed by atoms with Crippen LogP contribution in [0.5, 0.6) is 0 Å². The molecular formula is C16H23N3O3. The molecule has 0 aliphatic carbocycles. The van der Waals surface area contributed by atoms with Crippen molar-refractivity contribution in [3.8, 4) is 0 Å². The largest absolute Gasteiger partial charge is 0.383 e. The van der Waals surface area contributed by atoms with Crippen molar-refractivity contribution in [1.82, 2.24) is 15.2 Å². The summed E-state index contributed by atoms with van der Waals surface area (Å²) in [5.74, 6) is -0.558. The lowest BCUT2D eigenvalue weighted by Gasteiger charge is -2.21. The van der Waals surface area contributed by atoms with Crippen LogP contribution in [0.15, 0.2) is 12.1 Å². The van der Waals surface area contributed by atoms with E-state index in [0.29, 0.717) is 19.5 Å². The summed E-state index contributed by atoms with van der Waals surface area (Å²) in [6.45, 7) is 4.76. The summed E-state index contributed by atoms with van der Waals surface area (Å²) in [6.07, 6.45) is 1.13. The molecule has 1 aromatic rings. The van der Waals surface area contributed by atoms with Gasteiger partial charge in [0.1, 0.15) is 6.10 Å². The molecule has 22 heavy (non-hydrogen) atoms. The van der Waals surface area contributed by atoms with Crippen molar-refractivity contribution >= 4 is 11.8 Å². The number of amides is 2. The second kappa shape index (κ2) is 7.35. The number of carbonyl (C=O) groups excluding carboxylic acids is 2. The van der Waals surface area contributed by atoms with Crippen LogP contribution >= 0.6 is 0 Å². The first-order valence-electron chi connectivity index (χ1n) is 7.63. The van der Waals surface area contributed by atoms with Gasteiger partial charge < -0.3 is 15.3 Å². The molecule has 2 rings (SSSR count). The first-order valence-corrected chi connectivity index (χ1v) is 7.63. The Morgan fingerprint density at radius 1 is 1.36 bits per heavy atom. The number of aliphatic hydroxyl groups excluding tert-OH is 1. The van der Waals surface area contributed by atoms with Gasteiger partial charge >= 0.3 is 0 Å². The van der Waals surface area contributed by atoms with Crippen molar-refractivity contribution in [3.63, 3.8) is 0 Å². The molecule has 0 saturated carbocycles. The molecule has 0 aromatic carbocycles. The van der Waals surface area contributed by atoms with E-state index in [-0.39, 0.29) is 18.4 Å². The maximum atomic E-state index is 12.0. The molecule has 2 amide bonds. The van der Waals surface area contributed by atoms with Gasteiger partial charge in [-0.3, -0.25) is 14.6 Å². The highest BCUT2D eigenvalue weighted by molar-refractivity contribution is 5.87. The van der Waals surface area contributed by atoms with Gasteiger partial charge in [0.05, 0.1) is 6.54 Å². The topological polar surface area (TPSA) is 82.5 Å². The Morgan fingerprint density at radius 2 is 2.05 bits per heavy atom. The number of aliphatic hydroxyl groups is 1. The number of hydrogen-bond acceptors (Lipinski definition) is 4. The summed E-state index contributed by atoms with van der Waals surface area (Å²) in [4.78, 5) is 29.7. The average molecular weight is 305 g/mol. The minimum Gasteiger partial charge on any atom is -0.383 e. The van der Waals surface area contributed by atoms with Crippen molar-refractivity contribution in [2.75, 3.05) is 13.1 Å². The van der Waals surface area contributed by atoms with E-state index in [4.69, 9.17) is 0 Å². The lowest BCUT2D eigenvalue weighted by atomic mass is 10.2. The van der Waals surface area contributed by atoms with Gasteiger partial charge in [0.2, 0.25) is 5.91 Å². The fourth-order valence-corrected chi connectivity index (χ4v) is 2.69. The third kappa shape index (κ3) is 4.53. The highest BCUT2D eigenvalue weighted by Crippen LogP contribution is 2.11. The van der Waals surface area contributed by atoms with Gasteiger partial charge in [0, 0.05) is 24.5 Å². The standard InChI is InChI=1S/C16H23N3O3/c1-11-7-13(8-12(2)18-11)9-17-15(21)10-19-6-4-3-5-14(20)16(19)22/h7-8,14,20H,3-6,9-10H2,1-2H3,(H,17,21). The molecule has 1 aliphatic heterocycles. The maximum absolute atomic E-state index is 12.0. The van der Waals surface area contributed by atoms with E-state index in [1.165, 1.54) is 4.90 Å². The fraction of sp³-hybridized carbons (Fsp3) is 0.562. The van der Waals surface area contributed by atoms with E-state index in [1.807, 2.05) is 26.0 Å². The van der Waals surface area contributed by atoms with Crippen molar-refractivity contribution in [2.45, 2.75) is 45.8 Å². The minimum atomic E-state index is -0.971. The zero-order valence-corrected chi connectivity index (χ0v) is 13.1. The van der Waals surface area contributed by atoms with Gasteiger partial charge in [0.15, 0.2) is 0 Å². The van der Waals surface area contributed by atoms with Crippen LogP contribution in [0.3, 0.4) is 0 Å². The van der Waals surface area contributed by atoms with Crippen molar-refractivity contribution in [1.29, 1.82) is 0 Å². The van der Waals surface area contributed by atoms with Crippen molar-refractivity contribution in [3.05, 3.63) is 29.1 Å². The second-order valence-electron chi connectivity index (χ2n) is 5.81. The van der Waals surface area contributed by atoms with E-state index in [9.17, 15) is 14.7 Å². The summed E-state index contributed by atoms with van der Waals surface area (Å²) in [6, 6.07) is 3.85. The third-order valence-corrected chi connectivity index (χ3v) is 3.72. The number of nitrogens with one attached hydrogen (secondary N) is 1. The monoisotopic (exact) mass is 305 g/mol. The average Bonchev–Trinajstić information content (AvgIpc) is 2.60. The number of rotatable bonds is 4. The Labute approximate surface area is 130 Å². The SMILES string of the molecule is Cc1cc(CNC(=O)CN2CCCCC(O)C2=O)cc(C)n1. The van der Waals surface area contributed by atoms with Crippen molar-refractivity contribution < 1.29 is 14.7 Å². The van der Waals surface area contributed by atoms with Crippen LogP contribution < -0.4 is 5.32 Å². The third-order valence-electron chi connectivity index (χ3n) is 3.72. The Balaban J connectivity index is 1.88. The lowest BCUT2D eigenvalue weighted by molar-refractivity contribution is -0.142. The van der Waals surface area contributed by atoms with Gasteiger partial charge in [-0.1, -0.05) is 0 Å². The van der Waals surface area contributed by atoms with E-state index < -0.39 is 6.10 Å². The van der Waals surface area contributed by atoms with Crippen LogP contribution in [0.1, 0.15) is 36.2 Å². The first-order chi connectivity index (χ1) is 10.5. The van der Waals surface area contributed by atoms with Gasteiger partial charge in [0.25, 0.3) is 5.91 Å². The van der Waals surface area contributed by atoms with E-state index in [0.717, 1.165) is 29.8 Å². The molecule has 120 valence electrons.